The number of hydrogen-bond acceptors (Lipinski definition) is 5. The molecule has 1 atom stereocenters. The van der Waals surface area contributed by atoms with Crippen LogP contribution in [0.5, 0.6) is 0 Å². The Hall–Kier alpha value is -2.15. The number of aromatic nitrogens is 1. The zero-order chi connectivity index (χ0) is 20.1. The van der Waals surface area contributed by atoms with Crippen LogP contribution < -0.4 is 11.1 Å². The summed E-state index contributed by atoms with van der Waals surface area (Å²) in [6, 6.07) is 0. The zero-order valence-electron chi connectivity index (χ0n) is 16.7. The standard InChI is InChI=1S/C21H27N3O3S/c1-21(2,3)11-8-9-14-13(10-11)17(24-27-14)19(26)23-20-16(18(22)25)12-6-4-5-7-15(12)28-20/h11H,4-10H2,1-3H3,(H2,22,25)(H,23,26). The Kier molecular flexibility index (Phi) is 4.81. The van der Waals surface area contributed by atoms with Gasteiger partial charge in [0, 0.05) is 16.9 Å². The molecular formula is C21H27N3O3S. The largest absolute Gasteiger partial charge is 0.365 e. The Labute approximate surface area is 168 Å². The Bertz CT molecular complexity index is 936. The van der Waals surface area contributed by atoms with Crippen molar-refractivity contribution < 1.29 is 14.1 Å². The number of nitrogens with two attached hydrogens (primary N) is 1. The van der Waals surface area contributed by atoms with Gasteiger partial charge >= 0.3 is 0 Å². The van der Waals surface area contributed by atoms with E-state index in [1.807, 2.05) is 0 Å². The topological polar surface area (TPSA) is 98.2 Å². The summed E-state index contributed by atoms with van der Waals surface area (Å²) in [4.78, 5) is 26.2. The van der Waals surface area contributed by atoms with Gasteiger partial charge in [-0.15, -0.1) is 11.3 Å². The summed E-state index contributed by atoms with van der Waals surface area (Å²) in [6.45, 7) is 6.68. The highest BCUT2D eigenvalue weighted by Gasteiger charge is 2.34. The zero-order valence-corrected chi connectivity index (χ0v) is 17.5. The summed E-state index contributed by atoms with van der Waals surface area (Å²) in [7, 11) is 0. The smallest absolute Gasteiger partial charge is 0.278 e. The molecule has 0 spiro atoms. The van der Waals surface area contributed by atoms with E-state index in [4.69, 9.17) is 10.3 Å². The molecule has 2 aliphatic carbocycles. The van der Waals surface area contributed by atoms with Crippen molar-refractivity contribution in [3.63, 3.8) is 0 Å². The van der Waals surface area contributed by atoms with Gasteiger partial charge in [-0.1, -0.05) is 25.9 Å². The monoisotopic (exact) mass is 401 g/mol. The lowest BCUT2D eigenvalue weighted by Gasteiger charge is -2.33. The number of carbonyl (C=O) groups is 2. The Morgan fingerprint density at radius 3 is 2.64 bits per heavy atom. The van der Waals surface area contributed by atoms with E-state index in [-0.39, 0.29) is 11.3 Å². The maximum absolute atomic E-state index is 13.0. The van der Waals surface area contributed by atoms with Crippen LogP contribution in [0.2, 0.25) is 0 Å². The number of primary amides is 1. The number of anilines is 1. The molecule has 4 rings (SSSR count). The van der Waals surface area contributed by atoms with Crippen molar-refractivity contribution in [2.24, 2.45) is 17.1 Å². The average Bonchev–Trinajstić information content (AvgIpc) is 3.21. The van der Waals surface area contributed by atoms with Crippen LogP contribution >= 0.6 is 11.3 Å². The molecule has 0 aromatic carbocycles. The van der Waals surface area contributed by atoms with Gasteiger partial charge in [0.05, 0.1) is 5.56 Å². The molecule has 0 aliphatic heterocycles. The molecule has 0 radical (unpaired) electrons. The van der Waals surface area contributed by atoms with Crippen LogP contribution in [0.1, 0.15) is 82.6 Å². The van der Waals surface area contributed by atoms with Gasteiger partial charge in [0.25, 0.3) is 11.8 Å². The maximum Gasteiger partial charge on any atom is 0.278 e. The average molecular weight is 402 g/mol. The molecule has 2 aromatic rings. The molecule has 28 heavy (non-hydrogen) atoms. The second-order valence-electron chi connectivity index (χ2n) is 8.97. The molecule has 2 aromatic heterocycles. The van der Waals surface area contributed by atoms with E-state index >= 15 is 0 Å². The molecule has 2 amide bonds. The lowest BCUT2D eigenvalue weighted by Crippen LogP contribution is -2.28. The van der Waals surface area contributed by atoms with Gasteiger partial charge in [0.2, 0.25) is 0 Å². The first kappa shape index (κ1) is 19.2. The second-order valence-corrected chi connectivity index (χ2v) is 10.1. The molecule has 1 unspecified atom stereocenters. The van der Waals surface area contributed by atoms with Crippen LogP contribution in [0, 0.1) is 11.3 Å². The van der Waals surface area contributed by atoms with E-state index < -0.39 is 5.91 Å². The number of fused-ring (bicyclic) bond motifs is 2. The quantitative estimate of drug-likeness (QED) is 0.808. The predicted octanol–water partition coefficient (Wildman–Crippen LogP) is 4.12. The molecule has 2 aliphatic rings. The third kappa shape index (κ3) is 3.36. The number of thiophene rings is 1. The first-order chi connectivity index (χ1) is 13.3. The minimum absolute atomic E-state index is 0.161. The molecule has 2 heterocycles. The Morgan fingerprint density at radius 1 is 1.18 bits per heavy atom. The van der Waals surface area contributed by atoms with Crippen molar-refractivity contribution >= 4 is 28.2 Å². The highest BCUT2D eigenvalue weighted by molar-refractivity contribution is 7.17. The molecule has 7 heteroatoms. The van der Waals surface area contributed by atoms with Crippen LogP contribution in [-0.4, -0.2) is 17.0 Å². The number of hydrogen-bond donors (Lipinski definition) is 2. The molecule has 0 bridgehead atoms. The number of aryl methyl sites for hydroxylation is 2. The molecule has 3 N–H and O–H groups in total. The number of rotatable bonds is 3. The van der Waals surface area contributed by atoms with Gasteiger partial charge < -0.3 is 15.6 Å². The predicted molar refractivity (Wildman–Crippen MR) is 109 cm³/mol. The van der Waals surface area contributed by atoms with Gasteiger partial charge in [-0.3, -0.25) is 9.59 Å². The first-order valence-corrected chi connectivity index (χ1v) is 10.8. The summed E-state index contributed by atoms with van der Waals surface area (Å²) in [5.74, 6) is 0.484. The van der Waals surface area contributed by atoms with Crippen molar-refractivity contribution in [3.05, 3.63) is 33.0 Å². The SMILES string of the molecule is CC(C)(C)C1CCc2onc(C(=O)Nc3sc4c(c3C(N)=O)CCCC4)c2C1. The van der Waals surface area contributed by atoms with Gasteiger partial charge in [0.15, 0.2) is 5.69 Å². The van der Waals surface area contributed by atoms with E-state index in [1.54, 1.807) is 0 Å². The summed E-state index contributed by atoms with van der Waals surface area (Å²) >= 11 is 1.47. The third-order valence-corrected chi connectivity index (χ3v) is 7.33. The van der Waals surface area contributed by atoms with E-state index in [0.717, 1.165) is 66.7 Å². The minimum atomic E-state index is -0.482. The fourth-order valence-electron chi connectivity index (χ4n) is 4.40. The molecule has 0 saturated heterocycles. The highest BCUT2D eigenvalue weighted by atomic mass is 32.1. The van der Waals surface area contributed by atoms with Gasteiger partial charge in [-0.2, -0.15) is 0 Å². The van der Waals surface area contributed by atoms with Crippen molar-refractivity contribution in [3.8, 4) is 0 Å². The summed E-state index contributed by atoms with van der Waals surface area (Å²) in [6.07, 6.45) is 6.55. The summed E-state index contributed by atoms with van der Waals surface area (Å²) in [5.41, 5.74) is 8.52. The van der Waals surface area contributed by atoms with E-state index in [1.165, 1.54) is 11.3 Å². The lowest BCUT2D eigenvalue weighted by atomic mass is 9.71. The Morgan fingerprint density at radius 2 is 1.93 bits per heavy atom. The Balaban J connectivity index is 1.62. The van der Waals surface area contributed by atoms with Crippen molar-refractivity contribution in [2.45, 2.75) is 65.7 Å². The highest BCUT2D eigenvalue weighted by Crippen LogP contribution is 2.40. The fraction of sp³-hybridized carbons (Fsp3) is 0.571. The van der Waals surface area contributed by atoms with Crippen LogP contribution in [0.15, 0.2) is 4.52 Å². The number of amides is 2. The molecule has 6 nitrogen and oxygen atoms in total. The van der Waals surface area contributed by atoms with Crippen molar-refractivity contribution in [2.75, 3.05) is 5.32 Å². The second kappa shape index (κ2) is 7.03. The van der Waals surface area contributed by atoms with Crippen LogP contribution in [0.3, 0.4) is 0 Å². The van der Waals surface area contributed by atoms with E-state index in [9.17, 15) is 9.59 Å². The van der Waals surface area contributed by atoms with Crippen molar-refractivity contribution in [1.82, 2.24) is 5.16 Å². The maximum atomic E-state index is 13.0. The summed E-state index contributed by atoms with van der Waals surface area (Å²) in [5, 5.41) is 7.53. The van der Waals surface area contributed by atoms with Gasteiger partial charge in [-0.25, -0.2) is 0 Å². The molecule has 0 saturated carbocycles. The van der Waals surface area contributed by atoms with Gasteiger partial charge in [0.1, 0.15) is 10.8 Å². The van der Waals surface area contributed by atoms with Gasteiger partial charge in [-0.05, 0) is 55.4 Å². The third-order valence-electron chi connectivity index (χ3n) is 6.12. The minimum Gasteiger partial charge on any atom is -0.365 e. The molecule has 150 valence electrons. The van der Waals surface area contributed by atoms with Crippen LogP contribution in [-0.2, 0) is 25.7 Å². The first-order valence-electron chi connectivity index (χ1n) is 9.98. The normalized spacial score (nSPS) is 19.0. The van der Waals surface area contributed by atoms with E-state index in [2.05, 4.69) is 31.2 Å². The number of nitrogens with zero attached hydrogens (tertiary/aromatic N) is 1. The molecule has 0 fully saturated rings. The number of carbonyl (C=O) groups excluding carboxylic acids is 2. The molecular weight excluding hydrogens is 374 g/mol. The number of nitrogens with one attached hydrogen (secondary N) is 1. The van der Waals surface area contributed by atoms with Crippen LogP contribution in [0.4, 0.5) is 5.00 Å². The lowest BCUT2D eigenvalue weighted by molar-refractivity contribution is 0.100. The van der Waals surface area contributed by atoms with E-state index in [0.29, 0.717) is 22.2 Å². The van der Waals surface area contributed by atoms with Crippen LogP contribution in [0.25, 0.3) is 0 Å². The summed E-state index contributed by atoms with van der Waals surface area (Å²) < 4.78 is 5.47. The fourth-order valence-corrected chi connectivity index (χ4v) is 5.69. The van der Waals surface area contributed by atoms with Crippen molar-refractivity contribution in [1.29, 1.82) is 0 Å².